The Morgan fingerprint density at radius 1 is 1.00 bits per heavy atom. The number of hydrogen-bond acceptors (Lipinski definition) is 16. The van der Waals surface area contributed by atoms with Crippen LogP contribution in [0.1, 0.15) is 99.0 Å². The number of carbonyl (C=O) groups excluding carboxylic acids is 7. The highest BCUT2D eigenvalue weighted by Gasteiger charge is 2.49. The molecule has 6 rings (SSSR count). The summed E-state index contributed by atoms with van der Waals surface area (Å²) < 4.78 is 11.4. The molecule has 3 aliphatic rings. The molecule has 0 aliphatic carbocycles. The Labute approximate surface area is 424 Å². The first-order chi connectivity index (χ1) is 34.7. The van der Waals surface area contributed by atoms with Gasteiger partial charge in [-0.2, -0.15) is 0 Å². The molecule has 1 aromatic carbocycles. The molecule has 73 heavy (non-hydrogen) atoms. The number of fused-ring (bicyclic) bond motifs is 1. The maximum absolute atomic E-state index is 13.6. The quantitative estimate of drug-likeness (QED) is 0.0515. The van der Waals surface area contributed by atoms with Gasteiger partial charge >= 0.3 is 6.09 Å². The Kier molecular flexibility index (Phi) is 19.0. The molecule has 3 unspecified atom stereocenters. The molecule has 10 atom stereocenters. The lowest BCUT2D eigenvalue weighted by molar-refractivity contribution is -0.185. The van der Waals surface area contributed by atoms with Crippen molar-refractivity contribution in [3.8, 4) is 0 Å². The first-order valence-electron chi connectivity index (χ1n) is 25.0. The predicted molar refractivity (Wildman–Crippen MR) is 265 cm³/mol. The van der Waals surface area contributed by atoms with Crippen molar-refractivity contribution in [2.75, 3.05) is 30.3 Å². The summed E-state index contributed by atoms with van der Waals surface area (Å²) in [6.45, 7) is 12.5. The van der Waals surface area contributed by atoms with Gasteiger partial charge in [0, 0.05) is 31.6 Å². The van der Waals surface area contributed by atoms with E-state index in [9.17, 15) is 48.9 Å². The zero-order valence-electron chi connectivity index (χ0n) is 42.5. The third-order valence-corrected chi connectivity index (χ3v) is 13.8. The van der Waals surface area contributed by atoms with Gasteiger partial charge in [-0.3, -0.25) is 38.6 Å². The number of anilines is 2. The summed E-state index contributed by atoms with van der Waals surface area (Å²) in [4.78, 5) is 111. The first-order valence-corrected chi connectivity index (χ1v) is 25.0. The van der Waals surface area contributed by atoms with Gasteiger partial charge < -0.3 is 56.4 Å². The molecule has 0 saturated carbocycles. The summed E-state index contributed by atoms with van der Waals surface area (Å²) in [6.07, 6.45) is 3.58. The van der Waals surface area contributed by atoms with Crippen molar-refractivity contribution < 1.29 is 58.4 Å². The Morgan fingerprint density at radius 3 is 2.42 bits per heavy atom. The van der Waals surface area contributed by atoms with Crippen LogP contribution < -0.4 is 26.6 Å². The lowest BCUT2D eigenvalue weighted by Gasteiger charge is -2.43. The number of allylic oxidation sites excluding steroid dienone is 2. The van der Waals surface area contributed by atoms with Crippen LogP contribution in [0.3, 0.4) is 0 Å². The van der Waals surface area contributed by atoms with Gasteiger partial charge in [-0.05, 0) is 68.1 Å². The molecule has 23 heteroatoms. The molecular weight excluding hydrogens is 947 g/mol. The SMILES string of the molecule is CC=CC(C)(CCCC(C)C)C1CC(=O)N(CCC(=O)N[C@H](C(=O)N[C@@H](C)C(=O)Nc2ccc(COC(=O)N3CCC[C@@H]3C(=O)NC3[C@H](CO)O[C@H](Nc4ncnc5nc[nH]c45)[C@@H](O)[C@@H]3O)cc2)C(C)C)C1=O. The second-order valence-electron chi connectivity index (χ2n) is 20.1. The van der Waals surface area contributed by atoms with Crippen molar-refractivity contribution >= 4 is 64.2 Å². The normalized spacial score (nSPS) is 23.9. The highest BCUT2D eigenvalue weighted by molar-refractivity contribution is 6.04. The van der Waals surface area contributed by atoms with E-state index in [-0.39, 0.29) is 62.5 Å². The standard InChI is InChI=1S/C50H71N11O12/c1-8-18-50(7,19-9-11-27(2)3)32-22-36(64)61(48(32)70)21-17-35(63)57-37(28(4)5)46(69)55-29(6)44(67)56-31-15-13-30(14-16-31)24-72-49(71)60-20-10-12-33(60)45(68)58-38-34(23-62)73-47(41(66)40(38)65)59-43-39-42(52-25-51-39)53-26-54-43/h8,13-16,18,25-29,32-34,37-38,40-41,47,62,65-66H,9-12,17,19-24H2,1-7H3,(H,55,69)(H,56,67)(H,57,63)(H,58,68)(H2,51,52,53,54,59)/t29-,32?,33+,34-,37-,38?,40+,41-,47-,50?/m0/s1. The number of hydrogen-bond donors (Lipinski definition) is 9. The zero-order chi connectivity index (χ0) is 53.1. The van der Waals surface area contributed by atoms with Crippen LogP contribution in [0.5, 0.6) is 0 Å². The molecular formula is C50H71N11O12. The number of imidazole rings is 1. The molecule has 2 aromatic heterocycles. The Bertz CT molecular complexity index is 2470. The fourth-order valence-corrected chi connectivity index (χ4v) is 9.55. The number of aliphatic hydroxyl groups excluding tert-OH is 3. The van der Waals surface area contributed by atoms with Crippen LogP contribution in [0.15, 0.2) is 49.1 Å². The van der Waals surface area contributed by atoms with Gasteiger partial charge in [-0.1, -0.05) is 71.7 Å². The molecule has 23 nitrogen and oxygen atoms in total. The summed E-state index contributed by atoms with van der Waals surface area (Å²) in [7, 11) is 0. The number of nitrogens with one attached hydrogen (secondary N) is 6. The van der Waals surface area contributed by atoms with E-state index in [0.717, 1.165) is 24.2 Å². The number of aromatic amines is 1. The molecule has 3 fully saturated rings. The largest absolute Gasteiger partial charge is 0.445 e. The summed E-state index contributed by atoms with van der Waals surface area (Å²) in [6, 6.07) is 2.16. The average molecular weight is 1020 g/mol. The number of carbonyl (C=O) groups is 7. The monoisotopic (exact) mass is 1020 g/mol. The van der Waals surface area contributed by atoms with Gasteiger partial charge in [0.2, 0.25) is 35.4 Å². The zero-order valence-corrected chi connectivity index (χ0v) is 42.5. The molecule has 3 aliphatic heterocycles. The first kappa shape index (κ1) is 55.7. The third-order valence-electron chi connectivity index (χ3n) is 13.8. The van der Waals surface area contributed by atoms with E-state index >= 15 is 0 Å². The number of amides is 7. The lowest BCUT2D eigenvalue weighted by atomic mass is 9.72. The van der Waals surface area contributed by atoms with E-state index in [1.165, 1.54) is 24.5 Å². The minimum atomic E-state index is -1.59. The third kappa shape index (κ3) is 13.7. The van der Waals surface area contributed by atoms with Crippen LogP contribution in [0.4, 0.5) is 16.3 Å². The summed E-state index contributed by atoms with van der Waals surface area (Å²) in [5, 5.41) is 45.9. The van der Waals surface area contributed by atoms with Gasteiger partial charge in [0.05, 0.1) is 24.9 Å². The fraction of sp³-hybridized carbons (Fsp3) is 0.600. The van der Waals surface area contributed by atoms with Gasteiger partial charge in [-0.15, -0.1) is 0 Å². The number of aliphatic hydroxyl groups is 3. The van der Waals surface area contributed by atoms with Crippen molar-refractivity contribution in [1.29, 1.82) is 0 Å². The Hall–Kier alpha value is -6.56. The van der Waals surface area contributed by atoms with E-state index in [1.807, 2.05) is 26.0 Å². The molecule has 0 bridgehead atoms. The number of H-pyrrole nitrogens is 1. The van der Waals surface area contributed by atoms with E-state index in [4.69, 9.17) is 9.47 Å². The summed E-state index contributed by atoms with van der Waals surface area (Å²) in [5.41, 5.74) is 1.22. The van der Waals surface area contributed by atoms with Crippen LogP contribution in [0.2, 0.25) is 0 Å². The van der Waals surface area contributed by atoms with E-state index in [1.54, 1.807) is 38.1 Å². The highest BCUT2D eigenvalue weighted by Crippen LogP contribution is 2.42. The van der Waals surface area contributed by atoms with Crippen molar-refractivity contribution in [3.05, 3.63) is 54.6 Å². The lowest BCUT2D eigenvalue weighted by Crippen LogP contribution is -2.67. The second kappa shape index (κ2) is 24.9. The summed E-state index contributed by atoms with van der Waals surface area (Å²) in [5.74, 6) is -3.07. The molecule has 7 amide bonds. The van der Waals surface area contributed by atoms with E-state index in [2.05, 4.69) is 60.4 Å². The Morgan fingerprint density at radius 2 is 1.74 bits per heavy atom. The minimum Gasteiger partial charge on any atom is -0.445 e. The molecule has 9 N–H and O–H groups in total. The van der Waals surface area contributed by atoms with Crippen LogP contribution in [0.25, 0.3) is 11.2 Å². The smallest absolute Gasteiger partial charge is 0.410 e. The van der Waals surface area contributed by atoms with Crippen molar-refractivity contribution in [2.24, 2.45) is 23.2 Å². The maximum Gasteiger partial charge on any atom is 0.410 e. The average Bonchev–Trinajstić information content (AvgIpc) is 4.12. The fourth-order valence-electron chi connectivity index (χ4n) is 9.55. The van der Waals surface area contributed by atoms with Crippen LogP contribution in [-0.4, -0.2) is 155 Å². The van der Waals surface area contributed by atoms with Crippen molar-refractivity contribution in [1.82, 2.24) is 45.7 Å². The molecule has 5 heterocycles. The van der Waals surface area contributed by atoms with Crippen LogP contribution in [-0.2, 0) is 44.8 Å². The second-order valence-corrected chi connectivity index (χ2v) is 20.1. The van der Waals surface area contributed by atoms with Gasteiger partial charge in [0.25, 0.3) is 0 Å². The molecule has 398 valence electrons. The topological polar surface area (TPSA) is 320 Å². The van der Waals surface area contributed by atoms with Gasteiger partial charge in [0.15, 0.2) is 17.7 Å². The molecule has 0 radical (unpaired) electrons. The number of aromatic nitrogens is 4. The molecule has 3 saturated heterocycles. The number of imide groups is 1. The number of likely N-dealkylation sites (tertiary alicyclic amines) is 2. The number of ether oxygens (including phenoxy) is 2. The van der Waals surface area contributed by atoms with Gasteiger partial charge in [-0.25, -0.2) is 19.7 Å². The maximum atomic E-state index is 13.6. The van der Waals surface area contributed by atoms with Crippen LogP contribution >= 0.6 is 0 Å². The Balaban J connectivity index is 0.936. The molecule has 3 aromatic rings. The predicted octanol–water partition coefficient (Wildman–Crippen LogP) is 2.25. The molecule has 0 spiro atoms. The van der Waals surface area contributed by atoms with Crippen molar-refractivity contribution in [3.63, 3.8) is 0 Å². The van der Waals surface area contributed by atoms with Crippen LogP contribution in [0, 0.1) is 23.2 Å². The van der Waals surface area contributed by atoms with Gasteiger partial charge in [0.1, 0.15) is 54.9 Å². The summed E-state index contributed by atoms with van der Waals surface area (Å²) >= 11 is 0. The minimum absolute atomic E-state index is 0.0711. The number of benzene rings is 1. The number of rotatable bonds is 22. The van der Waals surface area contributed by atoms with E-state index in [0.29, 0.717) is 34.8 Å². The highest BCUT2D eigenvalue weighted by atomic mass is 16.6. The van der Waals surface area contributed by atoms with Crippen molar-refractivity contribution in [2.45, 2.75) is 149 Å². The number of nitrogens with zero attached hydrogens (tertiary/aromatic N) is 5. The van der Waals surface area contributed by atoms with E-state index < -0.39 is 96.4 Å².